The molecule has 4 aromatic carbocycles. The molecular formula is C40H46N2O9. The molecule has 0 saturated carbocycles. The molecule has 11 heteroatoms. The largest absolute Gasteiger partial charge is 0.496 e. The highest BCUT2D eigenvalue weighted by molar-refractivity contribution is 6.01. The lowest BCUT2D eigenvalue weighted by atomic mass is 10.0. The number of aliphatic hydroxyl groups is 3. The summed E-state index contributed by atoms with van der Waals surface area (Å²) in [6.07, 6.45) is 5.76. The van der Waals surface area contributed by atoms with Crippen LogP contribution in [0.3, 0.4) is 0 Å². The predicted octanol–water partition coefficient (Wildman–Crippen LogP) is 6.15. The summed E-state index contributed by atoms with van der Waals surface area (Å²) in [7, 11) is 4.68. The van der Waals surface area contributed by atoms with Crippen LogP contribution in [0.2, 0.25) is 0 Å². The van der Waals surface area contributed by atoms with E-state index >= 15 is 0 Å². The summed E-state index contributed by atoms with van der Waals surface area (Å²) < 4.78 is 28.8. The molecule has 5 rings (SSSR count). The molecule has 1 aliphatic rings. The number of hydrogen-bond acceptors (Lipinski definition) is 10. The lowest BCUT2D eigenvalue weighted by molar-refractivity contribution is 0.0935. The van der Waals surface area contributed by atoms with Crippen molar-refractivity contribution in [1.29, 1.82) is 0 Å². The second-order valence-corrected chi connectivity index (χ2v) is 12.1. The van der Waals surface area contributed by atoms with E-state index in [4.69, 9.17) is 23.7 Å². The van der Waals surface area contributed by atoms with Crippen LogP contribution in [-0.4, -0.2) is 55.8 Å². The Morgan fingerprint density at radius 3 is 1.96 bits per heavy atom. The summed E-state index contributed by atoms with van der Waals surface area (Å²) in [5.74, 6) is 2.54. The number of carbonyl (C=O) groups is 1. The van der Waals surface area contributed by atoms with Gasteiger partial charge in [0.05, 0.1) is 59.9 Å². The number of methoxy groups -OCH3 is 3. The topological polar surface area (TPSA) is 148 Å². The van der Waals surface area contributed by atoms with Gasteiger partial charge in [0.15, 0.2) is 11.5 Å². The number of nitrogens with one attached hydrogen (secondary N) is 2. The van der Waals surface area contributed by atoms with E-state index in [1.807, 2.05) is 67.6 Å². The molecule has 0 aliphatic carbocycles. The molecule has 1 heterocycles. The van der Waals surface area contributed by atoms with Gasteiger partial charge in [0, 0.05) is 16.8 Å². The van der Waals surface area contributed by atoms with Gasteiger partial charge in [-0.3, -0.25) is 4.79 Å². The summed E-state index contributed by atoms with van der Waals surface area (Å²) >= 11 is 0. The summed E-state index contributed by atoms with van der Waals surface area (Å²) in [4.78, 5) is 12.7. The van der Waals surface area contributed by atoms with Crippen molar-refractivity contribution in [2.24, 2.45) is 0 Å². The minimum Gasteiger partial charge on any atom is -0.496 e. The number of fused-ring (bicyclic) bond motifs is 1. The second kappa shape index (κ2) is 17.6. The van der Waals surface area contributed by atoms with Crippen LogP contribution in [0.25, 0.3) is 12.2 Å². The zero-order valence-corrected chi connectivity index (χ0v) is 29.5. The van der Waals surface area contributed by atoms with E-state index in [0.29, 0.717) is 64.2 Å². The Labute approximate surface area is 298 Å². The van der Waals surface area contributed by atoms with E-state index < -0.39 is 6.17 Å². The fourth-order valence-electron chi connectivity index (χ4n) is 5.98. The summed E-state index contributed by atoms with van der Waals surface area (Å²) in [6.45, 7) is 2.23. The highest BCUT2D eigenvalue weighted by Crippen LogP contribution is 2.39. The second-order valence-electron chi connectivity index (χ2n) is 12.1. The molecule has 0 spiro atoms. The molecule has 1 aliphatic heterocycles. The maximum atomic E-state index is 12.7. The first-order chi connectivity index (χ1) is 24.8. The molecule has 270 valence electrons. The van der Waals surface area contributed by atoms with Crippen LogP contribution < -0.4 is 34.3 Å². The normalized spacial score (nSPS) is 13.7. The Hall–Kier alpha value is -5.23. The van der Waals surface area contributed by atoms with Crippen LogP contribution in [0, 0.1) is 6.92 Å². The Balaban J connectivity index is 1.12. The molecule has 11 nitrogen and oxygen atoms in total. The third-order valence-corrected chi connectivity index (χ3v) is 8.70. The van der Waals surface area contributed by atoms with Gasteiger partial charge in [0.1, 0.15) is 17.7 Å². The number of carbonyl (C=O) groups excluding carboxylic acids is 1. The average molecular weight is 699 g/mol. The molecule has 1 amide bonds. The highest BCUT2D eigenvalue weighted by Gasteiger charge is 2.25. The molecule has 1 atom stereocenters. The first kappa shape index (κ1) is 37.0. The monoisotopic (exact) mass is 698 g/mol. The van der Waals surface area contributed by atoms with Crippen molar-refractivity contribution in [3.63, 3.8) is 0 Å². The Morgan fingerprint density at radius 1 is 0.667 bits per heavy atom. The number of amides is 1. The van der Waals surface area contributed by atoms with Crippen LogP contribution in [-0.2, 0) is 19.8 Å². The van der Waals surface area contributed by atoms with E-state index in [0.717, 1.165) is 47.2 Å². The van der Waals surface area contributed by atoms with Gasteiger partial charge in [-0.05, 0) is 97.0 Å². The molecule has 0 fully saturated rings. The Bertz CT molecular complexity index is 1810. The molecule has 51 heavy (non-hydrogen) atoms. The zero-order valence-electron chi connectivity index (χ0n) is 29.5. The Morgan fingerprint density at radius 2 is 1.31 bits per heavy atom. The minimum atomic E-state index is -0.418. The minimum absolute atomic E-state index is 0.142. The number of rotatable bonds is 17. The molecule has 4 aromatic rings. The lowest BCUT2D eigenvalue weighted by Gasteiger charge is -2.29. The molecule has 0 saturated heterocycles. The summed E-state index contributed by atoms with van der Waals surface area (Å²) in [5, 5.41) is 35.8. The van der Waals surface area contributed by atoms with Crippen molar-refractivity contribution in [3.8, 4) is 28.7 Å². The zero-order chi connectivity index (χ0) is 36.3. The van der Waals surface area contributed by atoms with Crippen LogP contribution >= 0.6 is 0 Å². The van der Waals surface area contributed by atoms with Gasteiger partial charge in [0.25, 0.3) is 5.91 Å². The number of anilines is 1. The fourth-order valence-corrected chi connectivity index (χ4v) is 5.98. The number of aliphatic hydroxyl groups excluding tert-OH is 3. The number of aryl methyl sites for hydroxylation is 1. The van der Waals surface area contributed by atoms with Gasteiger partial charge in [-0.2, -0.15) is 0 Å². The van der Waals surface area contributed by atoms with Gasteiger partial charge in [-0.25, -0.2) is 0 Å². The van der Waals surface area contributed by atoms with Crippen molar-refractivity contribution in [2.45, 2.75) is 52.2 Å². The smallest absolute Gasteiger partial charge is 0.255 e. The quantitative estimate of drug-likeness (QED) is 0.0643. The van der Waals surface area contributed by atoms with Crippen molar-refractivity contribution >= 4 is 23.7 Å². The molecule has 0 aromatic heterocycles. The number of ether oxygens (including phenoxy) is 5. The van der Waals surface area contributed by atoms with Gasteiger partial charge in [-0.15, -0.1) is 0 Å². The third kappa shape index (κ3) is 8.93. The predicted molar refractivity (Wildman–Crippen MR) is 196 cm³/mol. The van der Waals surface area contributed by atoms with E-state index in [1.54, 1.807) is 26.4 Å². The van der Waals surface area contributed by atoms with Gasteiger partial charge in [-0.1, -0.05) is 29.8 Å². The van der Waals surface area contributed by atoms with Crippen molar-refractivity contribution in [2.75, 3.05) is 39.9 Å². The standard InChI is InChI=1S/C40H46N2O9/c1-25-8-12-33-31(16-25)40(46)42-39(41-33)28-11-13-34(30(21-28)23-44)50-14-6-5-7-15-51-38-36(48-3)19-27(20-37(38)49-4)10-9-26-17-29(22-43)32(24-45)35(18-26)47-2/h8-13,16-21,39,41,43-45H,5-7,14-15,22-24H2,1-4H3,(H,42,46)/b10-9-. The first-order valence-electron chi connectivity index (χ1n) is 16.8. The number of benzene rings is 4. The Kier molecular flexibility index (Phi) is 12.8. The van der Waals surface area contributed by atoms with E-state index in [1.165, 1.54) is 7.11 Å². The van der Waals surface area contributed by atoms with Gasteiger partial charge >= 0.3 is 0 Å². The maximum absolute atomic E-state index is 12.7. The maximum Gasteiger partial charge on any atom is 0.255 e. The number of unbranched alkanes of at least 4 members (excludes halogenated alkanes) is 2. The van der Waals surface area contributed by atoms with Crippen LogP contribution in [0.5, 0.6) is 28.7 Å². The van der Waals surface area contributed by atoms with Crippen LogP contribution in [0.1, 0.15) is 74.7 Å². The summed E-state index contributed by atoms with van der Waals surface area (Å²) in [6, 6.07) is 18.6. The molecule has 0 radical (unpaired) electrons. The van der Waals surface area contributed by atoms with Crippen LogP contribution in [0.15, 0.2) is 60.7 Å². The molecule has 1 unspecified atom stereocenters. The average Bonchev–Trinajstić information content (AvgIpc) is 3.16. The first-order valence-corrected chi connectivity index (χ1v) is 16.8. The van der Waals surface area contributed by atoms with Crippen molar-refractivity contribution < 1.29 is 43.8 Å². The SMILES string of the molecule is COc1cc(/C=C\c2cc(OC)c(OCCCCCOc3ccc(C4NC(=O)c5cc(C)ccc5N4)cc3CO)c(OC)c2)cc(CO)c1CO. The third-order valence-electron chi connectivity index (χ3n) is 8.70. The van der Waals surface area contributed by atoms with Gasteiger partial charge in [0.2, 0.25) is 5.75 Å². The van der Waals surface area contributed by atoms with Crippen LogP contribution in [0.4, 0.5) is 5.69 Å². The highest BCUT2D eigenvalue weighted by atomic mass is 16.5. The van der Waals surface area contributed by atoms with Crippen molar-refractivity contribution in [3.05, 3.63) is 105 Å². The van der Waals surface area contributed by atoms with E-state index in [9.17, 15) is 20.1 Å². The van der Waals surface area contributed by atoms with Crippen molar-refractivity contribution in [1.82, 2.24) is 5.32 Å². The molecular weight excluding hydrogens is 652 g/mol. The lowest BCUT2D eigenvalue weighted by Crippen LogP contribution is -2.38. The van der Waals surface area contributed by atoms with Gasteiger partial charge < -0.3 is 49.6 Å². The number of hydrogen-bond donors (Lipinski definition) is 5. The molecule has 5 N–H and O–H groups in total. The fraction of sp³-hybridized carbons (Fsp3) is 0.325. The van der Waals surface area contributed by atoms with E-state index in [2.05, 4.69) is 10.6 Å². The van der Waals surface area contributed by atoms with E-state index in [-0.39, 0.29) is 25.7 Å². The molecule has 0 bridgehead atoms. The summed E-state index contributed by atoms with van der Waals surface area (Å²) in [5.41, 5.74) is 6.64.